The molecule has 0 spiro atoms. The number of amides is 1. The van der Waals surface area contributed by atoms with E-state index in [1.165, 1.54) is 0 Å². The fourth-order valence-corrected chi connectivity index (χ4v) is 4.22. The van der Waals surface area contributed by atoms with E-state index in [4.69, 9.17) is 15.9 Å². The van der Waals surface area contributed by atoms with Crippen molar-refractivity contribution in [2.45, 2.75) is 17.5 Å². The predicted octanol–water partition coefficient (Wildman–Crippen LogP) is -0.430. The van der Waals surface area contributed by atoms with Crippen molar-refractivity contribution in [1.82, 2.24) is 4.90 Å². The summed E-state index contributed by atoms with van der Waals surface area (Å²) in [7, 11) is -0.114. The molecule has 1 unspecified atom stereocenters. The number of rotatable bonds is 8. The van der Waals surface area contributed by atoms with Crippen molar-refractivity contribution < 1.29 is 17.6 Å². The zero-order valence-corrected chi connectivity index (χ0v) is 15.6. The summed E-state index contributed by atoms with van der Waals surface area (Å²) >= 11 is 1.57. The molecule has 2 heterocycles. The van der Waals surface area contributed by atoms with Crippen molar-refractivity contribution in [3.8, 4) is 0 Å². The number of aliphatic imine (C=N–C) groups is 1. The van der Waals surface area contributed by atoms with Gasteiger partial charge in [0, 0.05) is 12.3 Å². The van der Waals surface area contributed by atoms with Crippen LogP contribution in [0.5, 0.6) is 0 Å². The van der Waals surface area contributed by atoms with E-state index in [-0.39, 0.29) is 11.5 Å². The highest BCUT2D eigenvalue weighted by Gasteiger charge is 2.43. The summed E-state index contributed by atoms with van der Waals surface area (Å²) in [6.07, 6.45) is 0. The molecule has 0 radical (unpaired) electrons. The SMILES string of the molecule is CN(C)Cc1ccc(CSCCN=C2C(N)=NS(=O)(=O)C2C(N)=O)o1. The summed E-state index contributed by atoms with van der Waals surface area (Å²) < 4.78 is 32.4. The van der Waals surface area contributed by atoms with E-state index >= 15 is 0 Å². The number of sulfonamides is 1. The molecule has 138 valence electrons. The first-order valence-electron chi connectivity index (χ1n) is 7.44. The highest BCUT2D eigenvalue weighted by Crippen LogP contribution is 2.17. The average Bonchev–Trinajstić information content (AvgIpc) is 2.99. The molecular formula is C14H21N5O4S2. The molecule has 1 aliphatic rings. The molecule has 0 bridgehead atoms. The van der Waals surface area contributed by atoms with E-state index in [1.807, 2.05) is 31.1 Å². The number of amidine groups is 1. The Balaban J connectivity index is 1.86. The lowest BCUT2D eigenvalue weighted by atomic mass is 10.2. The number of hydrogen-bond donors (Lipinski definition) is 2. The number of carbonyl (C=O) groups excluding carboxylic acids is 1. The van der Waals surface area contributed by atoms with Crippen LogP contribution >= 0.6 is 11.8 Å². The molecular weight excluding hydrogens is 366 g/mol. The van der Waals surface area contributed by atoms with Crippen LogP contribution in [0.1, 0.15) is 11.5 Å². The first kappa shape index (κ1) is 19.5. The summed E-state index contributed by atoms with van der Waals surface area (Å²) in [5.41, 5.74) is 10.6. The molecule has 0 saturated carbocycles. The van der Waals surface area contributed by atoms with Crippen molar-refractivity contribution in [3.63, 3.8) is 0 Å². The van der Waals surface area contributed by atoms with E-state index < -0.39 is 21.2 Å². The van der Waals surface area contributed by atoms with Crippen molar-refractivity contribution in [2.24, 2.45) is 20.9 Å². The zero-order valence-electron chi connectivity index (χ0n) is 14.0. The lowest BCUT2D eigenvalue weighted by Gasteiger charge is -2.06. The van der Waals surface area contributed by atoms with Gasteiger partial charge in [-0.1, -0.05) is 0 Å². The van der Waals surface area contributed by atoms with E-state index in [0.29, 0.717) is 18.1 Å². The summed E-state index contributed by atoms with van der Waals surface area (Å²) in [5, 5.41) is -1.59. The standard InChI is InChI=1S/C14H21N5O4S2/c1-19(2)7-9-3-4-10(23-9)8-24-6-5-17-11-12(14(16)20)25(21,22)18-13(11)15/h3-4,12H,5-8H2,1-2H3,(H2,15,18)(H2,16,20). The largest absolute Gasteiger partial charge is 0.464 e. The molecule has 1 amide bonds. The number of hydrogen-bond acceptors (Lipinski definition) is 8. The third kappa shape index (κ3) is 5.06. The van der Waals surface area contributed by atoms with Gasteiger partial charge in [0.1, 0.15) is 17.2 Å². The molecule has 1 aromatic heterocycles. The molecule has 1 atom stereocenters. The fraction of sp³-hybridized carbons (Fsp3) is 0.500. The monoisotopic (exact) mass is 387 g/mol. The lowest BCUT2D eigenvalue weighted by molar-refractivity contribution is -0.116. The van der Waals surface area contributed by atoms with Crippen LogP contribution in [0.25, 0.3) is 0 Å². The van der Waals surface area contributed by atoms with Gasteiger partial charge in [-0.2, -0.15) is 11.8 Å². The Kier molecular flexibility index (Phi) is 6.25. The maximum atomic E-state index is 11.7. The fourth-order valence-electron chi connectivity index (χ4n) is 2.26. The highest BCUT2D eigenvalue weighted by molar-refractivity contribution is 7.98. The molecule has 0 saturated heterocycles. The van der Waals surface area contributed by atoms with Crippen molar-refractivity contribution in [3.05, 3.63) is 23.7 Å². The lowest BCUT2D eigenvalue weighted by Crippen LogP contribution is -2.41. The molecule has 1 aliphatic heterocycles. The predicted molar refractivity (Wildman–Crippen MR) is 98.1 cm³/mol. The van der Waals surface area contributed by atoms with Crippen LogP contribution in [0.2, 0.25) is 0 Å². The normalized spacial score (nSPS) is 21.0. The first-order chi connectivity index (χ1) is 11.7. The maximum absolute atomic E-state index is 11.7. The van der Waals surface area contributed by atoms with Crippen molar-refractivity contribution in [1.29, 1.82) is 0 Å². The first-order valence-corrected chi connectivity index (χ1v) is 10.1. The van der Waals surface area contributed by atoms with E-state index in [9.17, 15) is 13.2 Å². The molecule has 0 aliphatic carbocycles. The summed E-state index contributed by atoms with van der Waals surface area (Å²) in [6.45, 7) is 1.03. The molecule has 2 rings (SSSR count). The Bertz CT molecular complexity index is 798. The van der Waals surface area contributed by atoms with Crippen LogP contribution in [0.4, 0.5) is 0 Å². The number of nitrogens with two attached hydrogens (primary N) is 2. The van der Waals surface area contributed by atoms with E-state index in [2.05, 4.69) is 9.39 Å². The average molecular weight is 387 g/mol. The highest BCUT2D eigenvalue weighted by atomic mass is 32.2. The molecule has 11 heteroatoms. The van der Waals surface area contributed by atoms with Gasteiger partial charge in [0.05, 0.1) is 12.3 Å². The van der Waals surface area contributed by atoms with Crippen LogP contribution in [0.3, 0.4) is 0 Å². The van der Waals surface area contributed by atoms with Crippen LogP contribution in [-0.2, 0) is 27.1 Å². The number of nitrogens with zero attached hydrogens (tertiary/aromatic N) is 3. The number of primary amides is 1. The van der Waals surface area contributed by atoms with Gasteiger partial charge in [0.25, 0.3) is 10.0 Å². The molecule has 1 aromatic rings. The second-order valence-corrected chi connectivity index (χ2v) is 8.49. The zero-order chi connectivity index (χ0) is 18.6. The third-order valence-corrected chi connectivity index (χ3v) is 5.71. The second-order valence-electron chi connectivity index (χ2n) is 5.70. The van der Waals surface area contributed by atoms with Crippen LogP contribution in [0.15, 0.2) is 25.9 Å². The van der Waals surface area contributed by atoms with E-state index in [1.54, 1.807) is 11.8 Å². The molecule has 4 N–H and O–H groups in total. The smallest absolute Gasteiger partial charge is 0.273 e. The quantitative estimate of drug-likeness (QED) is 0.576. The van der Waals surface area contributed by atoms with Gasteiger partial charge in [0.2, 0.25) is 11.2 Å². The van der Waals surface area contributed by atoms with Gasteiger partial charge in [-0.3, -0.25) is 9.79 Å². The molecule has 9 nitrogen and oxygen atoms in total. The Labute approximate surface area is 150 Å². The minimum atomic E-state index is -4.05. The second kappa shape index (κ2) is 8.02. The number of carbonyl (C=O) groups is 1. The minimum Gasteiger partial charge on any atom is -0.464 e. The number of furan rings is 1. The Hall–Kier alpha value is -1.85. The Morgan fingerprint density at radius 3 is 2.72 bits per heavy atom. The Morgan fingerprint density at radius 1 is 1.40 bits per heavy atom. The van der Waals surface area contributed by atoms with Crippen LogP contribution in [-0.4, -0.2) is 62.4 Å². The van der Waals surface area contributed by atoms with Crippen molar-refractivity contribution >= 4 is 39.2 Å². The molecule has 0 fully saturated rings. The Morgan fingerprint density at radius 2 is 2.08 bits per heavy atom. The topological polar surface area (TPSA) is 144 Å². The van der Waals surface area contributed by atoms with E-state index in [0.717, 1.165) is 18.1 Å². The third-order valence-electron chi connectivity index (χ3n) is 3.24. The van der Waals surface area contributed by atoms with Gasteiger partial charge < -0.3 is 20.8 Å². The molecule has 25 heavy (non-hydrogen) atoms. The van der Waals surface area contributed by atoms with Gasteiger partial charge in [0.15, 0.2) is 5.84 Å². The van der Waals surface area contributed by atoms with Gasteiger partial charge in [-0.25, -0.2) is 8.42 Å². The summed E-state index contributed by atoms with van der Waals surface area (Å²) in [4.78, 5) is 17.5. The molecule has 0 aromatic carbocycles. The van der Waals surface area contributed by atoms with Gasteiger partial charge in [-0.05, 0) is 26.2 Å². The van der Waals surface area contributed by atoms with Gasteiger partial charge in [-0.15, -0.1) is 4.40 Å². The summed E-state index contributed by atoms with van der Waals surface area (Å²) in [6, 6.07) is 3.86. The minimum absolute atomic E-state index is 0.0700. The van der Waals surface area contributed by atoms with Gasteiger partial charge >= 0.3 is 0 Å². The number of thioether (sulfide) groups is 1. The summed E-state index contributed by atoms with van der Waals surface area (Å²) in [5.74, 6) is 1.72. The van der Waals surface area contributed by atoms with Crippen molar-refractivity contribution in [2.75, 3.05) is 26.4 Å². The van der Waals surface area contributed by atoms with Crippen LogP contribution < -0.4 is 11.5 Å². The maximum Gasteiger partial charge on any atom is 0.273 e. The van der Waals surface area contributed by atoms with Crippen LogP contribution in [0, 0.1) is 0 Å².